The van der Waals surface area contributed by atoms with Crippen LogP contribution in [0, 0.1) is 24.0 Å². The normalized spacial score (nSPS) is 15.0. The molecular weight excluding hydrogens is 310 g/mol. The van der Waals surface area contributed by atoms with E-state index in [2.05, 4.69) is 0 Å². The molecule has 0 spiro atoms. The molecule has 0 heterocycles. The zero-order chi connectivity index (χ0) is 17.6. The second-order valence-electron chi connectivity index (χ2n) is 5.68. The Morgan fingerprint density at radius 2 is 1.71 bits per heavy atom. The zero-order valence-corrected chi connectivity index (χ0v) is 13.0. The number of Topliss-reactive ketones (excluding diaryl/α,β-unsaturated/α-hetero) is 2. The molecule has 0 amide bonds. The Balaban J connectivity index is 2.15. The van der Waals surface area contributed by atoms with E-state index in [-0.39, 0.29) is 28.1 Å². The van der Waals surface area contributed by atoms with E-state index < -0.39 is 16.5 Å². The van der Waals surface area contributed by atoms with Gasteiger partial charge in [0.15, 0.2) is 5.78 Å². The third-order valence-electron chi connectivity index (χ3n) is 4.02. The van der Waals surface area contributed by atoms with Crippen molar-refractivity contribution in [1.29, 1.82) is 0 Å². The number of carbonyl (C=O) groups is 2. The number of hydrogen-bond acceptors (Lipinski definition) is 5. The number of aryl methyl sites for hydroxylation is 2. The Kier molecular flexibility index (Phi) is 3.52. The fraction of sp³-hybridized carbons (Fsp3) is 0.111. The van der Waals surface area contributed by atoms with Crippen molar-refractivity contribution in [3.8, 4) is 5.75 Å². The summed E-state index contributed by atoms with van der Waals surface area (Å²) in [6, 6.07) is 7.30. The zero-order valence-electron chi connectivity index (χ0n) is 13.0. The number of fused-ring (bicyclic) bond motifs is 1. The van der Waals surface area contributed by atoms with E-state index in [1.807, 2.05) is 0 Å². The number of rotatable bonds is 2. The lowest BCUT2D eigenvalue weighted by Crippen LogP contribution is -2.02. The van der Waals surface area contributed by atoms with Crippen molar-refractivity contribution in [2.45, 2.75) is 13.8 Å². The van der Waals surface area contributed by atoms with Crippen LogP contribution in [-0.4, -0.2) is 21.6 Å². The quantitative estimate of drug-likeness (QED) is 0.395. The lowest BCUT2D eigenvalue weighted by atomic mass is 10.0. The molecule has 0 atom stereocenters. The molecule has 3 rings (SSSR count). The Morgan fingerprint density at radius 1 is 1.08 bits per heavy atom. The standard InChI is InChI=1S/C18H13NO5/c1-9-6-11(7-10(2)16(9)20)8-13-17(21)12-4-3-5-14(19(23)24)15(12)18(13)22/h3-8,20H,1-2H3/b13-8-. The van der Waals surface area contributed by atoms with Crippen molar-refractivity contribution in [3.63, 3.8) is 0 Å². The minimum Gasteiger partial charge on any atom is -0.507 e. The van der Waals surface area contributed by atoms with Crippen LogP contribution >= 0.6 is 0 Å². The minimum absolute atomic E-state index is 0.0488. The van der Waals surface area contributed by atoms with Crippen LogP contribution in [0.1, 0.15) is 37.4 Å². The first-order chi connectivity index (χ1) is 11.3. The van der Waals surface area contributed by atoms with Crippen molar-refractivity contribution in [2.24, 2.45) is 0 Å². The average molecular weight is 323 g/mol. The third-order valence-corrected chi connectivity index (χ3v) is 4.02. The van der Waals surface area contributed by atoms with Gasteiger partial charge in [-0.25, -0.2) is 0 Å². The van der Waals surface area contributed by atoms with Crippen molar-refractivity contribution < 1.29 is 19.6 Å². The molecule has 0 fully saturated rings. The van der Waals surface area contributed by atoms with Crippen LogP contribution in [0.25, 0.3) is 6.08 Å². The molecule has 2 aromatic rings. The number of nitrogens with zero attached hydrogens (tertiary/aromatic N) is 1. The first-order valence-electron chi connectivity index (χ1n) is 7.20. The predicted octanol–water partition coefficient (Wildman–Crippen LogP) is 3.38. The van der Waals surface area contributed by atoms with Crippen molar-refractivity contribution >= 4 is 23.3 Å². The third kappa shape index (κ3) is 2.28. The lowest BCUT2D eigenvalue weighted by Gasteiger charge is -2.05. The maximum atomic E-state index is 12.5. The highest BCUT2D eigenvalue weighted by Gasteiger charge is 2.38. The summed E-state index contributed by atoms with van der Waals surface area (Å²) < 4.78 is 0. The van der Waals surface area contributed by atoms with E-state index in [1.54, 1.807) is 26.0 Å². The first kappa shape index (κ1) is 15.6. The highest BCUT2D eigenvalue weighted by molar-refractivity contribution is 6.42. The molecule has 6 nitrogen and oxygen atoms in total. The van der Waals surface area contributed by atoms with Crippen molar-refractivity contribution in [2.75, 3.05) is 0 Å². The number of phenolic OH excluding ortho intramolecular Hbond substituents is 1. The molecule has 2 aromatic carbocycles. The summed E-state index contributed by atoms with van der Waals surface area (Å²) in [7, 11) is 0. The summed E-state index contributed by atoms with van der Waals surface area (Å²) in [4.78, 5) is 35.4. The number of carbonyl (C=O) groups excluding carboxylic acids is 2. The number of nitro groups is 1. The molecule has 0 aromatic heterocycles. The van der Waals surface area contributed by atoms with Crippen LogP contribution in [0.3, 0.4) is 0 Å². The van der Waals surface area contributed by atoms with Gasteiger partial charge >= 0.3 is 0 Å². The topological polar surface area (TPSA) is 97.5 Å². The number of phenols is 1. The molecule has 24 heavy (non-hydrogen) atoms. The second kappa shape index (κ2) is 5.42. The van der Waals surface area contributed by atoms with Gasteiger partial charge in [-0.05, 0) is 54.8 Å². The summed E-state index contributed by atoms with van der Waals surface area (Å²) in [5.41, 5.74) is 1.22. The SMILES string of the molecule is Cc1cc(/C=C2/C(=O)c3cccc([N+](=O)[O-])c3C2=O)cc(C)c1O. The van der Waals surface area contributed by atoms with E-state index in [9.17, 15) is 24.8 Å². The molecule has 1 aliphatic rings. The number of ketones is 2. The van der Waals surface area contributed by atoms with Gasteiger partial charge in [-0.15, -0.1) is 0 Å². The van der Waals surface area contributed by atoms with Crippen LogP contribution in [0.5, 0.6) is 5.75 Å². The van der Waals surface area contributed by atoms with Crippen molar-refractivity contribution in [1.82, 2.24) is 0 Å². The van der Waals surface area contributed by atoms with Gasteiger partial charge in [0.2, 0.25) is 5.78 Å². The van der Waals surface area contributed by atoms with Gasteiger partial charge in [0.25, 0.3) is 5.69 Å². The highest BCUT2D eigenvalue weighted by atomic mass is 16.6. The molecule has 120 valence electrons. The number of nitro benzene ring substituents is 1. The largest absolute Gasteiger partial charge is 0.507 e. The smallest absolute Gasteiger partial charge is 0.281 e. The molecule has 0 aliphatic heterocycles. The van der Waals surface area contributed by atoms with Gasteiger partial charge in [-0.1, -0.05) is 6.07 Å². The number of benzene rings is 2. The molecule has 6 heteroatoms. The average Bonchev–Trinajstić information content (AvgIpc) is 2.77. The maximum Gasteiger partial charge on any atom is 0.281 e. The van der Waals surface area contributed by atoms with E-state index in [0.717, 1.165) is 0 Å². The molecule has 0 saturated carbocycles. The Labute approximate surface area is 137 Å². The van der Waals surface area contributed by atoms with Crippen LogP contribution < -0.4 is 0 Å². The highest BCUT2D eigenvalue weighted by Crippen LogP contribution is 2.34. The Morgan fingerprint density at radius 3 is 2.29 bits per heavy atom. The van der Waals surface area contributed by atoms with Crippen LogP contribution in [-0.2, 0) is 0 Å². The Bertz CT molecular complexity index is 933. The molecule has 0 bridgehead atoms. The van der Waals surface area contributed by atoms with E-state index in [4.69, 9.17) is 0 Å². The van der Waals surface area contributed by atoms with Crippen LogP contribution in [0.15, 0.2) is 35.9 Å². The molecule has 1 aliphatic carbocycles. The summed E-state index contributed by atoms with van der Waals surface area (Å²) in [6.07, 6.45) is 1.41. The molecule has 0 saturated heterocycles. The van der Waals surface area contributed by atoms with Crippen molar-refractivity contribution in [3.05, 3.63) is 73.8 Å². The van der Waals surface area contributed by atoms with Gasteiger partial charge in [0.05, 0.1) is 10.5 Å². The summed E-state index contributed by atoms with van der Waals surface area (Å²) in [5.74, 6) is -1.02. The van der Waals surface area contributed by atoms with Gasteiger partial charge in [0, 0.05) is 11.6 Å². The van der Waals surface area contributed by atoms with Gasteiger partial charge in [-0.2, -0.15) is 0 Å². The summed E-state index contributed by atoms with van der Waals surface area (Å²) >= 11 is 0. The molecule has 1 N–H and O–H groups in total. The Hall–Kier alpha value is -3.28. The number of allylic oxidation sites excluding steroid dienone is 1. The molecular formula is C18H13NO5. The van der Waals surface area contributed by atoms with Gasteiger partial charge in [-0.3, -0.25) is 19.7 Å². The second-order valence-corrected chi connectivity index (χ2v) is 5.68. The fourth-order valence-corrected chi connectivity index (χ4v) is 2.87. The maximum absolute atomic E-state index is 12.5. The molecule has 0 radical (unpaired) electrons. The predicted molar refractivity (Wildman–Crippen MR) is 87.3 cm³/mol. The van der Waals surface area contributed by atoms with E-state index in [1.165, 1.54) is 24.3 Å². The summed E-state index contributed by atoms with van der Waals surface area (Å²) in [5, 5.41) is 20.9. The first-order valence-corrected chi connectivity index (χ1v) is 7.20. The van der Waals surface area contributed by atoms with Crippen LogP contribution in [0.2, 0.25) is 0 Å². The number of hydrogen-bond donors (Lipinski definition) is 1. The van der Waals surface area contributed by atoms with Gasteiger partial charge in [0.1, 0.15) is 11.3 Å². The fourth-order valence-electron chi connectivity index (χ4n) is 2.87. The van der Waals surface area contributed by atoms with E-state index >= 15 is 0 Å². The minimum atomic E-state index is -0.665. The van der Waals surface area contributed by atoms with Gasteiger partial charge < -0.3 is 5.11 Å². The summed E-state index contributed by atoms with van der Waals surface area (Å²) in [6.45, 7) is 3.42. The number of aromatic hydroxyl groups is 1. The van der Waals surface area contributed by atoms with E-state index in [0.29, 0.717) is 16.7 Å². The van der Waals surface area contributed by atoms with Crippen LogP contribution in [0.4, 0.5) is 5.69 Å². The monoisotopic (exact) mass is 323 g/mol. The molecule has 0 unspecified atom stereocenters. The lowest BCUT2D eigenvalue weighted by molar-refractivity contribution is -0.385.